The second-order valence-corrected chi connectivity index (χ2v) is 5.94. The molecule has 2 aromatic rings. The summed E-state index contributed by atoms with van der Waals surface area (Å²) in [4.78, 5) is 18.5. The molecule has 0 spiro atoms. The number of fused-ring (bicyclic) bond motifs is 1. The molecule has 1 saturated heterocycles. The third-order valence-electron chi connectivity index (χ3n) is 3.22. The standard InChI is InChI=1S/C14H16N2O3S/c1-10(13(17)16-6-8-18-9-7-16)20-14-15-11-4-2-3-5-12(11)19-14/h2-5,10H,6-9H2,1H3/t10-/m1/s1. The minimum Gasteiger partial charge on any atom is -0.431 e. The minimum absolute atomic E-state index is 0.112. The first-order valence-electron chi connectivity index (χ1n) is 6.63. The molecule has 1 aromatic heterocycles. The fraction of sp³-hybridized carbons (Fsp3) is 0.429. The van der Waals surface area contributed by atoms with E-state index in [2.05, 4.69) is 4.98 Å². The first kappa shape index (κ1) is 13.5. The van der Waals surface area contributed by atoms with Crippen molar-refractivity contribution in [1.29, 1.82) is 0 Å². The molecule has 2 heterocycles. The number of oxazole rings is 1. The zero-order valence-electron chi connectivity index (χ0n) is 11.2. The quantitative estimate of drug-likeness (QED) is 0.812. The topological polar surface area (TPSA) is 55.6 Å². The van der Waals surface area contributed by atoms with Crippen molar-refractivity contribution >= 4 is 28.8 Å². The highest BCUT2D eigenvalue weighted by Crippen LogP contribution is 2.27. The van der Waals surface area contributed by atoms with Gasteiger partial charge >= 0.3 is 0 Å². The summed E-state index contributed by atoms with van der Waals surface area (Å²) in [6.45, 7) is 4.45. The fourth-order valence-electron chi connectivity index (χ4n) is 2.14. The predicted molar refractivity (Wildman–Crippen MR) is 76.7 cm³/mol. The summed E-state index contributed by atoms with van der Waals surface area (Å²) in [5, 5.41) is 0.335. The SMILES string of the molecule is C[C@@H](Sc1nc2ccccc2o1)C(=O)N1CCOCC1. The van der Waals surface area contributed by atoms with Crippen LogP contribution in [0.4, 0.5) is 0 Å². The zero-order chi connectivity index (χ0) is 13.9. The molecule has 6 heteroatoms. The van der Waals surface area contributed by atoms with E-state index in [1.807, 2.05) is 36.1 Å². The molecule has 3 rings (SSSR count). The number of aromatic nitrogens is 1. The second kappa shape index (κ2) is 5.85. The molecule has 0 saturated carbocycles. The smallest absolute Gasteiger partial charge is 0.257 e. The van der Waals surface area contributed by atoms with E-state index >= 15 is 0 Å². The number of thioether (sulfide) groups is 1. The maximum absolute atomic E-state index is 12.3. The Kier molecular flexibility index (Phi) is 3.93. The summed E-state index contributed by atoms with van der Waals surface area (Å²) in [5.74, 6) is 0.112. The molecule has 1 aromatic carbocycles. The Labute approximate surface area is 121 Å². The maximum Gasteiger partial charge on any atom is 0.257 e. The van der Waals surface area contributed by atoms with Gasteiger partial charge in [0.25, 0.3) is 5.22 Å². The number of rotatable bonds is 3. The van der Waals surface area contributed by atoms with Gasteiger partial charge in [-0.25, -0.2) is 4.98 Å². The molecule has 1 amide bonds. The first-order chi connectivity index (χ1) is 9.74. The molecule has 0 unspecified atom stereocenters. The number of para-hydroxylation sites is 2. The van der Waals surface area contributed by atoms with Gasteiger partial charge in [0, 0.05) is 13.1 Å². The minimum atomic E-state index is -0.207. The van der Waals surface area contributed by atoms with Crippen LogP contribution in [0.25, 0.3) is 11.1 Å². The first-order valence-corrected chi connectivity index (χ1v) is 7.51. The van der Waals surface area contributed by atoms with Crippen molar-refractivity contribution in [3.63, 3.8) is 0 Å². The number of ether oxygens (including phenoxy) is 1. The lowest BCUT2D eigenvalue weighted by Gasteiger charge is -2.28. The van der Waals surface area contributed by atoms with Gasteiger partial charge in [-0.3, -0.25) is 4.79 Å². The highest BCUT2D eigenvalue weighted by atomic mass is 32.2. The number of hydrogen-bond acceptors (Lipinski definition) is 5. The normalized spacial score (nSPS) is 17.4. The molecule has 5 nitrogen and oxygen atoms in total. The largest absolute Gasteiger partial charge is 0.431 e. The highest BCUT2D eigenvalue weighted by Gasteiger charge is 2.24. The lowest BCUT2D eigenvalue weighted by molar-refractivity contribution is -0.134. The van der Waals surface area contributed by atoms with Crippen molar-refractivity contribution in [2.75, 3.05) is 26.3 Å². The van der Waals surface area contributed by atoms with E-state index in [0.717, 1.165) is 11.1 Å². The Hall–Kier alpha value is -1.53. The molecule has 0 N–H and O–H groups in total. The van der Waals surface area contributed by atoms with Crippen molar-refractivity contribution < 1.29 is 13.9 Å². The number of carbonyl (C=O) groups excluding carboxylic acids is 1. The highest BCUT2D eigenvalue weighted by molar-refractivity contribution is 8.00. The molecule has 106 valence electrons. The Bertz CT molecular complexity index is 574. The van der Waals surface area contributed by atoms with E-state index in [0.29, 0.717) is 31.5 Å². The van der Waals surface area contributed by atoms with Crippen molar-refractivity contribution in [1.82, 2.24) is 9.88 Å². The van der Waals surface area contributed by atoms with E-state index in [-0.39, 0.29) is 11.2 Å². The Balaban J connectivity index is 1.68. The van der Waals surface area contributed by atoms with Crippen LogP contribution in [0.3, 0.4) is 0 Å². The van der Waals surface area contributed by atoms with Gasteiger partial charge in [-0.05, 0) is 19.1 Å². The van der Waals surface area contributed by atoms with Crippen molar-refractivity contribution in [2.24, 2.45) is 0 Å². The lowest BCUT2D eigenvalue weighted by Crippen LogP contribution is -2.44. The summed E-state index contributed by atoms with van der Waals surface area (Å²) in [5.41, 5.74) is 1.57. The third kappa shape index (κ3) is 2.81. The van der Waals surface area contributed by atoms with Gasteiger partial charge in [-0.1, -0.05) is 23.9 Å². The molecule has 0 bridgehead atoms. The van der Waals surface area contributed by atoms with Gasteiger partial charge in [0.05, 0.1) is 18.5 Å². The average molecular weight is 292 g/mol. The van der Waals surface area contributed by atoms with Crippen LogP contribution in [0.5, 0.6) is 0 Å². The van der Waals surface area contributed by atoms with Crippen molar-refractivity contribution in [2.45, 2.75) is 17.4 Å². The van der Waals surface area contributed by atoms with Crippen molar-refractivity contribution in [3.05, 3.63) is 24.3 Å². The summed E-state index contributed by atoms with van der Waals surface area (Å²) in [7, 11) is 0. The second-order valence-electron chi connectivity index (χ2n) is 4.65. The van der Waals surface area contributed by atoms with Gasteiger partial charge in [0.2, 0.25) is 5.91 Å². The van der Waals surface area contributed by atoms with Gasteiger partial charge in [-0.15, -0.1) is 0 Å². The Morgan fingerprint density at radius 3 is 2.85 bits per heavy atom. The van der Waals surface area contributed by atoms with Crippen LogP contribution in [-0.2, 0) is 9.53 Å². The summed E-state index contributed by atoms with van der Waals surface area (Å²) < 4.78 is 10.9. The number of amides is 1. The summed E-state index contributed by atoms with van der Waals surface area (Å²) in [6.07, 6.45) is 0. The van der Waals surface area contributed by atoms with Crippen LogP contribution in [0.1, 0.15) is 6.92 Å². The third-order valence-corrected chi connectivity index (χ3v) is 4.15. The number of nitrogens with zero attached hydrogens (tertiary/aromatic N) is 2. The van der Waals surface area contributed by atoms with E-state index in [9.17, 15) is 4.79 Å². The average Bonchev–Trinajstić information content (AvgIpc) is 2.89. The Morgan fingerprint density at radius 1 is 1.35 bits per heavy atom. The fourth-order valence-corrected chi connectivity index (χ4v) is 2.99. The molecule has 1 fully saturated rings. The van der Waals surface area contributed by atoms with Gasteiger partial charge in [0.1, 0.15) is 5.52 Å². The van der Waals surface area contributed by atoms with Crippen LogP contribution in [-0.4, -0.2) is 47.3 Å². The monoisotopic (exact) mass is 292 g/mol. The van der Waals surface area contributed by atoms with Gasteiger partial charge < -0.3 is 14.1 Å². The number of hydrogen-bond donors (Lipinski definition) is 0. The van der Waals surface area contributed by atoms with E-state index < -0.39 is 0 Å². The van der Waals surface area contributed by atoms with Crippen molar-refractivity contribution in [3.8, 4) is 0 Å². The predicted octanol–water partition coefficient (Wildman–Crippen LogP) is 2.17. The van der Waals surface area contributed by atoms with E-state index in [4.69, 9.17) is 9.15 Å². The van der Waals surface area contributed by atoms with Crippen LogP contribution >= 0.6 is 11.8 Å². The number of benzene rings is 1. The lowest BCUT2D eigenvalue weighted by atomic mass is 10.3. The summed E-state index contributed by atoms with van der Waals surface area (Å²) in [6, 6.07) is 7.60. The Morgan fingerprint density at radius 2 is 2.10 bits per heavy atom. The van der Waals surface area contributed by atoms with Crippen LogP contribution in [0, 0.1) is 0 Å². The molecule has 0 radical (unpaired) electrons. The molecule has 0 aliphatic carbocycles. The van der Waals surface area contributed by atoms with Gasteiger partial charge in [0.15, 0.2) is 5.58 Å². The van der Waals surface area contributed by atoms with Gasteiger partial charge in [-0.2, -0.15) is 0 Å². The maximum atomic E-state index is 12.3. The number of carbonyl (C=O) groups is 1. The zero-order valence-corrected chi connectivity index (χ0v) is 12.1. The number of morpholine rings is 1. The summed E-state index contributed by atoms with van der Waals surface area (Å²) >= 11 is 1.36. The van der Waals surface area contributed by atoms with Crippen LogP contribution in [0.15, 0.2) is 33.9 Å². The molecular formula is C14H16N2O3S. The van der Waals surface area contributed by atoms with E-state index in [1.165, 1.54) is 11.8 Å². The molecule has 20 heavy (non-hydrogen) atoms. The molecule has 1 aliphatic rings. The van der Waals surface area contributed by atoms with Crippen LogP contribution in [0.2, 0.25) is 0 Å². The molecular weight excluding hydrogens is 276 g/mol. The van der Waals surface area contributed by atoms with E-state index in [1.54, 1.807) is 0 Å². The molecule has 1 atom stereocenters. The van der Waals surface area contributed by atoms with Crippen LogP contribution < -0.4 is 0 Å². The molecule has 1 aliphatic heterocycles.